The van der Waals surface area contributed by atoms with Gasteiger partial charge in [-0.05, 0) is 33.1 Å². The van der Waals surface area contributed by atoms with E-state index in [1.165, 1.54) is 0 Å². The van der Waals surface area contributed by atoms with E-state index >= 15 is 0 Å². The maximum absolute atomic E-state index is 12.9. The number of ether oxygens (including phenoxy) is 1. The number of unbranched alkanes of at least 4 members (excludes halogenated alkanes) is 15. The largest absolute Gasteiger partial charge is 0.481 e. The lowest BCUT2D eigenvalue weighted by Gasteiger charge is -2.45. The molecule has 0 aromatic heterocycles. The van der Waals surface area contributed by atoms with Crippen molar-refractivity contribution in [2.45, 2.75) is 175 Å². The Morgan fingerprint density at radius 1 is 0.548 bits per heavy atom. The summed E-state index contributed by atoms with van der Waals surface area (Å²) in [4.78, 5) is 37.9. The average molecular weight is 603 g/mol. The van der Waals surface area contributed by atoms with Crippen molar-refractivity contribution < 1.29 is 39.5 Å². The molecule has 42 heavy (non-hydrogen) atoms. The SMILES string of the molecule is CCCCCCCCC(C(=O)O)C(O)(C(=O)O)C(CCCCCCCC)(CCCCCCCC)C(=O)O.CCOCC. The Morgan fingerprint density at radius 3 is 1.19 bits per heavy atom. The molecule has 0 saturated heterocycles. The third-order valence-electron chi connectivity index (χ3n) is 8.44. The Hall–Kier alpha value is -1.67. The fraction of sp³-hybridized carbons (Fsp3) is 0.912. The van der Waals surface area contributed by atoms with E-state index in [-0.39, 0.29) is 19.3 Å². The van der Waals surface area contributed by atoms with Gasteiger partial charge in [0, 0.05) is 13.2 Å². The first-order valence-electron chi connectivity index (χ1n) is 17.1. The summed E-state index contributed by atoms with van der Waals surface area (Å²) in [5.74, 6) is -6.23. The molecule has 0 aliphatic rings. The van der Waals surface area contributed by atoms with Gasteiger partial charge in [0.15, 0.2) is 5.60 Å². The second-order valence-electron chi connectivity index (χ2n) is 11.7. The van der Waals surface area contributed by atoms with Crippen LogP contribution in [0.1, 0.15) is 169 Å². The molecule has 0 spiro atoms. The molecule has 0 aliphatic heterocycles. The molecule has 0 aliphatic carbocycles. The van der Waals surface area contributed by atoms with Crippen LogP contribution in [0.15, 0.2) is 0 Å². The molecule has 4 N–H and O–H groups in total. The lowest BCUT2D eigenvalue weighted by Crippen LogP contribution is -2.64. The smallest absolute Gasteiger partial charge is 0.337 e. The Morgan fingerprint density at radius 2 is 0.905 bits per heavy atom. The Labute approximate surface area is 257 Å². The highest BCUT2D eigenvalue weighted by Crippen LogP contribution is 2.48. The van der Waals surface area contributed by atoms with Crippen molar-refractivity contribution in [3.05, 3.63) is 0 Å². The van der Waals surface area contributed by atoms with Gasteiger partial charge in [-0.3, -0.25) is 9.59 Å². The van der Waals surface area contributed by atoms with Crippen molar-refractivity contribution >= 4 is 17.9 Å². The molecule has 8 nitrogen and oxygen atoms in total. The first kappa shape index (κ1) is 42.5. The Balaban J connectivity index is 0. The van der Waals surface area contributed by atoms with Crippen LogP contribution in [0.2, 0.25) is 0 Å². The van der Waals surface area contributed by atoms with Crippen LogP contribution in [-0.2, 0) is 19.1 Å². The van der Waals surface area contributed by atoms with Crippen LogP contribution in [0.5, 0.6) is 0 Å². The molecule has 0 radical (unpaired) electrons. The van der Waals surface area contributed by atoms with Crippen LogP contribution in [0.3, 0.4) is 0 Å². The average Bonchev–Trinajstić information content (AvgIpc) is 2.95. The topological polar surface area (TPSA) is 141 Å². The summed E-state index contributed by atoms with van der Waals surface area (Å²) in [6, 6.07) is 0. The first-order valence-corrected chi connectivity index (χ1v) is 17.1. The van der Waals surface area contributed by atoms with Gasteiger partial charge in [-0.2, -0.15) is 0 Å². The number of carbonyl (C=O) groups is 3. The third-order valence-corrected chi connectivity index (χ3v) is 8.44. The molecule has 8 heteroatoms. The van der Waals surface area contributed by atoms with Crippen molar-refractivity contribution in [1.29, 1.82) is 0 Å². The molecular weight excluding hydrogens is 536 g/mol. The number of aliphatic carboxylic acids is 3. The highest BCUT2D eigenvalue weighted by atomic mass is 16.5. The van der Waals surface area contributed by atoms with E-state index in [2.05, 4.69) is 20.8 Å². The molecule has 0 saturated carbocycles. The molecule has 0 bridgehead atoms. The van der Waals surface area contributed by atoms with Crippen LogP contribution >= 0.6 is 0 Å². The molecule has 0 aromatic rings. The van der Waals surface area contributed by atoms with Gasteiger partial charge in [0.05, 0.1) is 5.92 Å². The van der Waals surface area contributed by atoms with E-state index in [1.54, 1.807) is 0 Å². The van der Waals surface area contributed by atoms with Crippen LogP contribution in [0.4, 0.5) is 0 Å². The maximum Gasteiger partial charge on any atom is 0.337 e. The molecule has 0 fully saturated rings. The van der Waals surface area contributed by atoms with E-state index < -0.39 is 34.8 Å². The number of aliphatic hydroxyl groups is 1. The lowest BCUT2D eigenvalue weighted by molar-refractivity contribution is -0.207. The van der Waals surface area contributed by atoms with E-state index in [0.717, 1.165) is 110 Å². The number of carboxylic acids is 3. The van der Waals surface area contributed by atoms with E-state index in [0.29, 0.717) is 19.3 Å². The fourth-order valence-corrected chi connectivity index (χ4v) is 5.83. The molecule has 0 amide bonds. The van der Waals surface area contributed by atoms with Crippen LogP contribution in [-0.4, -0.2) is 57.1 Å². The zero-order valence-corrected chi connectivity index (χ0v) is 27.8. The number of hydrogen-bond acceptors (Lipinski definition) is 5. The molecule has 250 valence electrons. The van der Waals surface area contributed by atoms with E-state index in [1.807, 2.05) is 13.8 Å². The standard InChI is InChI=1S/C30H56O7.C4H10O/c1-4-7-10-13-16-19-22-25(26(31)32)30(37,28(35)36)29(27(33)34,23-20-17-14-11-8-5-2)24-21-18-15-12-9-6-3;1-3-5-4-2/h25,37H,4-24H2,1-3H3,(H,31,32)(H,33,34)(H,35,36);3-4H2,1-2H3. The van der Waals surface area contributed by atoms with Gasteiger partial charge < -0.3 is 25.2 Å². The van der Waals surface area contributed by atoms with Crippen molar-refractivity contribution in [3.8, 4) is 0 Å². The van der Waals surface area contributed by atoms with Gasteiger partial charge in [-0.15, -0.1) is 0 Å². The van der Waals surface area contributed by atoms with Crippen LogP contribution < -0.4 is 0 Å². The summed E-state index contributed by atoms with van der Waals surface area (Å²) in [5.41, 5.74) is -4.92. The summed E-state index contributed by atoms with van der Waals surface area (Å²) >= 11 is 0. The summed E-state index contributed by atoms with van der Waals surface area (Å²) in [6.45, 7) is 12.0. The van der Waals surface area contributed by atoms with Crippen molar-refractivity contribution in [1.82, 2.24) is 0 Å². The molecule has 2 unspecified atom stereocenters. The van der Waals surface area contributed by atoms with Crippen molar-refractivity contribution in [3.63, 3.8) is 0 Å². The second kappa shape index (κ2) is 26.9. The summed E-state index contributed by atoms with van der Waals surface area (Å²) in [5, 5.41) is 42.6. The minimum atomic E-state index is -2.87. The molecular formula is C34H66O8. The van der Waals surface area contributed by atoms with Gasteiger partial charge in [-0.25, -0.2) is 4.79 Å². The van der Waals surface area contributed by atoms with Crippen LogP contribution in [0, 0.1) is 11.3 Å². The quantitative estimate of drug-likeness (QED) is 0.0651. The summed E-state index contributed by atoms with van der Waals surface area (Å²) in [6.07, 6.45) is 15.7. The highest BCUT2D eigenvalue weighted by molar-refractivity contribution is 5.93. The third kappa shape index (κ3) is 16.3. The van der Waals surface area contributed by atoms with Crippen molar-refractivity contribution in [2.24, 2.45) is 11.3 Å². The Kier molecular flexibility index (Phi) is 27.2. The second-order valence-corrected chi connectivity index (χ2v) is 11.7. The van der Waals surface area contributed by atoms with Gasteiger partial charge in [-0.1, -0.05) is 136 Å². The number of hydrogen-bond donors (Lipinski definition) is 4. The highest BCUT2D eigenvalue weighted by Gasteiger charge is 2.65. The minimum absolute atomic E-state index is 0.0352. The molecule has 0 heterocycles. The lowest BCUT2D eigenvalue weighted by atomic mass is 9.59. The van der Waals surface area contributed by atoms with Gasteiger partial charge in [0.1, 0.15) is 5.41 Å². The van der Waals surface area contributed by atoms with Gasteiger partial charge >= 0.3 is 17.9 Å². The van der Waals surface area contributed by atoms with E-state index in [9.17, 15) is 34.8 Å². The molecule has 0 aromatic carbocycles. The molecule has 0 rings (SSSR count). The zero-order chi connectivity index (χ0) is 32.3. The zero-order valence-electron chi connectivity index (χ0n) is 27.8. The monoisotopic (exact) mass is 602 g/mol. The predicted molar refractivity (Wildman–Crippen MR) is 170 cm³/mol. The molecule has 2 atom stereocenters. The van der Waals surface area contributed by atoms with Gasteiger partial charge in [0.2, 0.25) is 0 Å². The van der Waals surface area contributed by atoms with Gasteiger partial charge in [0.25, 0.3) is 0 Å². The van der Waals surface area contributed by atoms with Crippen LogP contribution in [0.25, 0.3) is 0 Å². The predicted octanol–water partition coefficient (Wildman–Crippen LogP) is 8.87. The van der Waals surface area contributed by atoms with Crippen molar-refractivity contribution in [2.75, 3.05) is 13.2 Å². The first-order chi connectivity index (χ1) is 20.1. The number of carboxylic acid groups (broad SMARTS) is 3. The fourth-order valence-electron chi connectivity index (χ4n) is 5.83. The number of rotatable bonds is 28. The minimum Gasteiger partial charge on any atom is -0.481 e. The summed E-state index contributed by atoms with van der Waals surface area (Å²) < 4.78 is 4.83. The summed E-state index contributed by atoms with van der Waals surface area (Å²) in [7, 11) is 0. The Bertz CT molecular complexity index is 662. The van der Waals surface area contributed by atoms with E-state index in [4.69, 9.17) is 4.74 Å². The maximum atomic E-state index is 12.9. The normalized spacial score (nSPS) is 13.6.